The average Bonchev–Trinajstić information content (AvgIpc) is 3.35. The molecule has 2 aromatic carbocycles. The first-order valence-electron chi connectivity index (χ1n) is 10.7. The predicted molar refractivity (Wildman–Crippen MR) is 117 cm³/mol. The number of methoxy groups -OCH3 is 1. The summed E-state index contributed by atoms with van der Waals surface area (Å²) in [6.07, 6.45) is 1.32. The third-order valence-electron chi connectivity index (χ3n) is 6.11. The Kier molecular flexibility index (Phi) is 6.42. The Morgan fingerprint density at radius 2 is 1.90 bits per heavy atom. The number of nitrogens with zero attached hydrogens (tertiary/aromatic N) is 1. The molecule has 4 rings (SSSR count). The highest BCUT2D eigenvalue weighted by Crippen LogP contribution is 2.40. The van der Waals surface area contributed by atoms with Crippen molar-refractivity contribution in [2.24, 2.45) is 5.41 Å². The summed E-state index contributed by atoms with van der Waals surface area (Å²) in [4.78, 5) is 27.7. The van der Waals surface area contributed by atoms with Crippen LogP contribution in [0.4, 0.5) is 0 Å². The molecule has 2 aromatic rings. The molecule has 2 amide bonds. The van der Waals surface area contributed by atoms with E-state index in [2.05, 4.69) is 27.7 Å². The van der Waals surface area contributed by atoms with Crippen LogP contribution in [0.25, 0.3) is 0 Å². The Hall–Kier alpha value is -3.06. The van der Waals surface area contributed by atoms with E-state index in [1.54, 1.807) is 7.11 Å². The average molecular weight is 424 g/mol. The number of ether oxygens (including phenoxy) is 2. The number of para-hydroxylation sites is 2. The fourth-order valence-corrected chi connectivity index (χ4v) is 4.49. The molecule has 2 aliphatic rings. The van der Waals surface area contributed by atoms with E-state index in [4.69, 9.17) is 9.47 Å². The van der Waals surface area contributed by atoms with Crippen LogP contribution in [0.3, 0.4) is 0 Å². The van der Waals surface area contributed by atoms with Crippen molar-refractivity contribution in [3.8, 4) is 11.5 Å². The number of carbonyl (C=O) groups is 2. The molecule has 0 radical (unpaired) electrons. The summed E-state index contributed by atoms with van der Waals surface area (Å²) in [5.41, 5.74) is 0.771. The predicted octanol–water partition coefficient (Wildman–Crippen LogP) is 1.97. The van der Waals surface area contributed by atoms with Crippen molar-refractivity contribution in [1.82, 2.24) is 15.5 Å². The maximum Gasteiger partial charge on any atom is 0.242 e. The van der Waals surface area contributed by atoms with Crippen LogP contribution in [0.2, 0.25) is 0 Å². The Balaban J connectivity index is 1.25. The van der Waals surface area contributed by atoms with Crippen molar-refractivity contribution in [2.75, 3.05) is 33.4 Å². The number of nitrogens with one attached hydrogen (secondary N) is 2. The van der Waals surface area contributed by atoms with E-state index >= 15 is 0 Å². The van der Waals surface area contributed by atoms with Gasteiger partial charge in [-0.3, -0.25) is 14.5 Å². The molecule has 31 heavy (non-hydrogen) atoms. The second-order valence-electron chi connectivity index (χ2n) is 8.25. The third kappa shape index (κ3) is 4.82. The van der Waals surface area contributed by atoms with E-state index in [0.29, 0.717) is 37.6 Å². The minimum atomic E-state index is -0.490. The second kappa shape index (κ2) is 9.39. The van der Waals surface area contributed by atoms with Gasteiger partial charge in [-0.2, -0.15) is 0 Å². The monoisotopic (exact) mass is 423 g/mol. The Morgan fingerprint density at radius 1 is 1.16 bits per heavy atom. The Morgan fingerprint density at radius 3 is 2.68 bits per heavy atom. The molecule has 0 bridgehead atoms. The molecular formula is C24H29N3O4. The summed E-state index contributed by atoms with van der Waals surface area (Å²) in [6, 6.07) is 17.2. The topological polar surface area (TPSA) is 79.9 Å². The van der Waals surface area contributed by atoms with Gasteiger partial charge in [0.05, 0.1) is 19.1 Å². The highest BCUT2D eigenvalue weighted by Gasteiger charge is 2.52. The molecule has 2 atom stereocenters. The Labute approximate surface area is 182 Å². The van der Waals surface area contributed by atoms with E-state index in [1.165, 1.54) is 5.56 Å². The number of hydrogen-bond donors (Lipinski definition) is 2. The van der Waals surface area contributed by atoms with Gasteiger partial charge in [-0.25, -0.2) is 0 Å². The van der Waals surface area contributed by atoms with Crippen LogP contribution in [-0.2, 0) is 16.1 Å². The molecule has 7 heteroatoms. The van der Waals surface area contributed by atoms with Crippen LogP contribution in [-0.4, -0.2) is 56.1 Å². The van der Waals surface area contributed by atoms with E-state index in [9.17, 15) is 9.59 Å². The van der Waals surface area contributed by atoms with E-state index in [1.807, 2.05) is 42.5 Å². The number of amides is 2. The van der Waals surface area contributed by atoms with Gasteiger partial charge >= 0.3 is 0 Å². The van der Waals surface area contributed by atoms with Gasteiger partial charge in [0.1, 0.15) is 12.6 Å². The van der Waals surface area contributed by atoms with Crippen LogP contribution in [0.1, 0.15) is 18.4 Å². The fourth-order valence-electron chi connectivity index (χ4n) is 4.49. The van der Waals surface area contributed by atoms with Crippen LogP contribution in [0.15, 0.2) is 54.6 Å². The molecule has 0 aromatic heterocycles. The first-order chi connectivity index (χ1) is 15.1. The molecule has 7 nitrogen and oxygen atoms in total. The molecule has 2 heterocycles. The maximum atomic E-state index is 12.7. The molecular weight excluding hydrogens is 394 g/mol. The molecule has 0 aliphatic carbocycles. The zero-order valence-corrected chi connectivity index (χ0v) is 17.8. The molecule has 2 N–H and O–H groups in total. The number of likely N-dealkylation sites (tertiary alicyclic amines) is 1. The van der Waals surface area contributed by atoms with Crippen molar-refractivity contribution < 1.29 is 19.1 Å². The van der Waals surface area contributed by atoms with Gasteiger partial charge in [0.25, 0.3) is 0 Å². The first-order valence-corrected chi connectivity index (χ1v) is 10.7. The zero-order chi connectivity index (χ0) is 21.7. The first kappa shape index (κ1) is 21.2. The molecule has 2 saturated heterocycles. The van der Waals surface area contributed by atoms with Crippen LogP contribution in [0, 0.1) is 5.41 Å². The summed E-state index contributed by atoms with van der Waals surface area (Å²) >= 11 is 0. The van der Waals surface area contributed by atoms with Gasteiger partial charge in [-0.05, 0) is 37.1 Å². The van der Waals surface area contributed by atoms with Gasteiger partial charge in [-0.1, -0.05) is 42.5 Å². The highest BCUT2D eigenvalue weighted by molar-refractivity contribution is 5.94. The van der Waals surface area contributed by atoms with Crippen LogP contribution < -0.4 is 20.1 Å². The van der Waals surface area contributed by atoms with Crippen molar-refractivity contribution in [2.45, 2.75) is 25.4 Å². The Bertz CT molecular complexity index is 920. The van der Waals surface area contributed by atoms with Crippen molar-refractivity contribution in [3.63, 3.8) is 0 Å². The summed E-state index contributed by atoms with van der Waals surface area (Å²) in [5.74, 6) is 1.13. The number of hydrogen-bond acceptors (Lipinski definition) is 5. The quantitative estimate of drug-likeness (QED) is 0.635. The van der Waals surface area contributed by atoms with Crippen molar-refractivity contribution in [1.29, 1.82) is 0 Å². The number of benzene rings is 2. The standard InChI is InChI=1S/C24H29N3O4/c1-30-20-9-5-6-10-21(20)31-14-12-25-22(28)19-15-24(23(29)26-19)11-13-27(17-24)16-18-7-3-2-4-8-18/h2-10,19H,11-17H2,1H3,(H,25,28)(H,26,29)/t19-,24-/m0/s1. The van der Waals surface area contributed by atoms with E-state index < -0.39 is 11.5 Å². The highest BCUT2D eigenvalue weighted by atomic mass is 16.5. The van der Waals surface area contributed by atoms with E-state index in [0.717, 1.165) is 19.5 Å². The SMILES string of the molecule is COc1ccccc1OCCNC(=O)[C@@H]1C[C@]2(CCN(Cc3ccccc3)C2)C(=O)N1. The van der Waals surface area contributed by atoms with Gasteiger partial charge in [-0.15, -0.1) is 0 Å². The minimum absolute atomic E-state index is 0.00603. The lowest BCUT2D eigenvalue weighted by molar-refractivity contribution is -0.128. The van der Waals surface area contributed by atoms with Gasteiger partial charge in [0, 0.05) is 13.1 Å². The molecule has 2 fully saturated rings. The summed E-state index contributed by atoms with van der Waals surface area (Å²) in [6.45, 7) is 3.06. The molecule has 2 aliphatic heterocycles. The summed E-state index contributed by atoms with van der Waals surface area (Å²) in [7, 11) is 1.59. The molecule has 1 spiro atoms. The van der Waals surface area contributed by atoms with Gasteiger partial charge < -0.3 is 20.1 Å². The molecule has 0 unspecified atom stereocenters. The van der Waals surface area contributed by atoms with Crippen molar-refractivity contribution in [3.05, 3.63) is 60.2 Å². The fraction of sp³-hybridized carbons (Fsp3) is 0.417. The molecule has 0 saturated carbocycles. The smallest absolute Gasteiger partial charge is 0.242 e. The van der Waals surface area contributed by atoms with Gasteiger partial charge in [0.15, 0.2) is 11.5 Å². The van der Waals surface area contributed by atoms with Gasteiger partial charge in [0.2, 0.25) is 11.8 Å². The van der Waals surface area contributed by atoms with Crippen molar-refractivity contribution >= 4 is 11.8 Å². The summed E-state index contributed by atoms with van der Waals surface area (Å²) in [5, 5.41) is 5.79. The van der Waals surface area contributed by atoms with Crippen LogP contribution >= 0.6 is 0 Å². The lowest BCUT2D eigenvalue weighted by Gasteiger charge is -2.21. The van der Waals surface area contributed by atoms with Crippen LogP contribution in [0.5, 0.6) is 11.5 Å². The summed E-state index contributed by atoms with van der Waals surface area (Å²) < 4.78 is 10.9. The lowest BCUT2D eigenvalue weighted by atomic mass is 9.84. The zero-order valence-electron chi connectivity index (χ0n) is 17.8. The number of rotatable bonds is 8. The number of carbonyl (C=O) groups excluding carboxylic acids is 2. The second-order valence-corrected chi connectivity index (χ2v) is 8.25. The minimum Gasteiger partial charge on any atom is -0.493 e. The third-order valence-corrected chi connectivity index (χ3v) is 6.11. The largest absolute Gasteiger partial charge is 0.493 e. The molecule has 164 valence electrons. The normalized spacial score (nSPS) is 23.0. The lowest BCUT2D eigenvalue weighted by Crippen LogP contribution is -2.43. The maximum absolute atomic E-state index is 12.7. The van der Waals surface area contributed by atoms with E-state index in [-0.39, 0.29) is 11.8 Å².